The van der Waals surface area contributed by atoms with E-state index in [2.05, 4.69) is 25.5 Å². The molecule has 0 unspecified atom stereocenters. The number of benzene rings is 2. The van der Waals surface area contributed by atoms with E-state index in [0.29, 0.717) is 46.4 Å². The Morgan fingerprint density at radius 3 is 2.67 bits per heavy atom. The molecule has 33 heavy (non-hydrogen) atoms. The monoisotopic (exact) mass is 490 g/mol. The lowest BCUT2D eigenvalue weighted by molar-refractivity contribution is 0.301. The Morgan fingerprint density at radius 2 is 1.94 bits per heavy atom. The lowest BCUT2D eigenvalue weighted by Gasteiger charge is -2.19. The van der Waals surface area contributed by atoms with E-state index in [1.807, 2.05) is 18.0 Å². The number of rotatable bonds is 8. The zero-order chi connectivity index (χ0) is 22.5. The van der Waals surface area contributed by atoms with E-state index in [9.17, 15) is 4.39 Å². The van der Waals surface area contributed by atoms with Gasteiger partial charge in [-0.25, -0.2) is 14.4 Å². The van der Waals surface area contributed by atoms with Crippen molar-refractivity contribution in [3.63, 3.8) is 0 Å². The van der Waals surface area contributed by atoms with Gasteiger partial charge in [0.1, 0.15) is 24.6 Å². The van der Waals surface area contributed by atoms with Crippen LogP contribution in [-0.4, -0.2) is 47.5 Å². The van der Waals surface area contributed by atoms with E-state index >= 15 is 0 Å². The summed E-state index contributed by atoms with van der Waals surface area (Å²) >= 11 is 5.84. The Hall–Kier alpha value is -3.43. The second kappa shape index (κ2) is 10.9. The third-order valence-corrected chi connectivity index (χ3v) is 5.03. The molecule has 0 saturated carbocycles. The van der Waals surface area contributed by atoms with Crippen molar-refractivity contribution in [3.8, 4) is 11.5 Å². The van der Waals surface area contributed by atoms with Gasteiger partial charge in [-0.1, -0.05) is 11.6 Å². The maximum absolute atomic E-state index is 14.2. The molecule has 1 N–H and O–H groups in total. The minimum Gasteiger partial charge on any atom is -0.493 e. The second-order valence-electron chi connectivity index (χ2n) is 6.86. The van der Waals surface area contributed by atoms with Crippen molar-refractivity contribution in [1.29, 1.82) is 0 Å². The van der Waals surface area contributed by atoms with Crippen molar-refractivity contribution in [2.45, 2.75) is 0 Å². The van der Waals surface area contributed by atoms with Gasteiger partial charge in [-0.3, -0.25) is 0 Å². The van der Waals surface area contributed by atoms with E-state index in [4.69, 9.17) is 21.1 Å². The third kappa shape index (κ3) is 5.68. The van der Waals surface area contributed by atoms with Gasteiger partial charge in [-0.2, -0.15) is 10.2 Å². The number of hydrogen-bond donors (Lipinski definition) is 1. The highest BCUT2D eigenvalue weighted by Gasteiger charge is 2.13. The van der Waals surface area contributed by atoms with Gasteiger partial charge in [0.25, 0.3) is 0 Å². The zero-order valence-electron chi connectivity index (χ0n) is 17.8. The minimum atomic E-state index is -0.482. The van der Waals surface area contributed by atoms with Gasteiger partial charge in [-0.05, 0) is 30.3 Å². The highest BCUT2D eigenvalue weighted by molar-refractivity contribution is 6.30. The largest absolute Gasteiger partial charge is 0.493 e. The molecule has 0 amide bonds. The molecule has 11 heteroatoms. The number of methoxy groups -OCH3 is 1. The van der Waals surface area contributed by atoms with Crippen LogP contribution in [0.3, 0.4) is 0 Å². The number of hydrogen-bond acceptors (Lipinski definition) is 8. The van der Waals surface area contributed by atoms with Crippen molar-refractivity contribution in [2.75, 3.05) is 37.5 Å². The Bertz CT molecular complexity index is 1230. The molecule has 0 bridgehead atoms. The lowest BCUT2D eigenvalue weighted by Crippen LogP contribution is -2.24. The number of nitrogens with one attached hydrogen (secondary N) is 1. The van der Waals surface area contributed by atoms with Crippen molar-refractivity contribution in [2.24, 2.45) is 0 Å². The first-order chi connectivity index (χ1) is 15.5. The molecular formula is C22H21Cl2FN6O2. The van der Waals surface area contributed by atoms with Crippen molar-refractivity contribution in [1.82, 2.24) is 20.2 Å². The van der Waals surface area contributed by atoms with Crippen LogP contribution in [-0.2, 0) is 0 Å². The number of fused-ring (bicyclic) bond motifs is 1. The van der Waals surface area contributed by atoms with Crippen LogP contribution >= 0.6 is 24.0 Å². The molecule has 0 aliphatic carbocycles. The summed E-state index contributed by atoms with van der Waals surface area (Å²) in [5, 5.41) is 11.6. The van der Waals surface area contributed by atoms with Gasteiger partial charge < -0.3 is 19.7 Å². The topological polar surface area (TPSA) is 85.3 Å². The molecule has 172 valence electrons. The molecule has 8 nitrogen and oxygen atoms in total. The SMILES string of the molecule is COc1cc2c(Nc3ccc(Cl)cc3F)ncnc2cc1OCCN(C)c1ccnnc1.Cl. The first kappa shape index (κ1) is 24.2. The Morgan fingerprint density at radius 1 is 1.09 bits per heavy atom. The Labute approximate surface area is 201 Å². The molecule has 0 saturated heterocycles. The van der Waals surface area contributed by atoms with Gasteiger partial charge in [-0.15, -0.1) is 12.4 Å². The number of nitrogens with zero attached hydrogens (tertiary/aromatic N) is 5. The maximum atomic E-state index is 14.2. The lowest BCUT2D eigenvalue weighted by atomic mass is 10.2. The summed E-state index contributed by atoms with van der Waals surface area (Å²) in [5.41, 5.74) is 1.81. The summed E-state index contributed by atoms with van der Waals surface area (Å²) in [5.74, 6) is 1.01. The van der Waals surface area contributed by atoms with E-state index in [-0.39, 0.29) is 18.1 Å². The number of ether oxygens (including phenoxy) is 2. The second-order valence-corrected chi connectivity index (χ2v) is 7.30. The normalized spacial score (nSPS) is 10.4. The maximum Gasteiger partial charge on any atom is 0.163 e. The Balaban J connectivity index is 0.00000306. The zero-order valence-corrected chi connectivity index (χ0v) is 19.4. The fourth-order valence-corrected chi connectivity index (χ4v) is 3.24. The van der Waals surface area contributed by atoms with Gasteiger partial charge in [0.2, 0.25) is 0 Å². The highest BCUT2D eigenvalue weighted by atomic mass is 35.5. The van der Waals surface area contributed by atoms with E-state index in [1.165, 1.54) is 12.4 Å². The van der Waals surface area contributed by atoms with Gasteiger partial charge >= 0.3 is 0 Å². The van der Waals surface area contributed by atoms with Crippen LogP contribution in [0.25, 0.3) is 10.9 Å². The predicted octanol–water partition coefficient (Wildman–Crippen LogP) is 4.90. The molecule has 0 fully saturated rings. The first-order valence-corrected chi connectivity index (χ1v) is 10.1. The average molecular weight is 491 g/mol. The molecule has 2 aromatic heterocycles. The minimum absolute atomic E-state index is 0. The molecule has 4 aromatic rings. The summed E-state index contributed by atoms with van der Waals surface area (Å²) in [6.45, 7) is 1.03. The quantitative estimate of drug-likeness (QED) is 0.373. The predicted molar refractivity (Wildman–Crippen MR) is 129 cm³/mol. The van der Waals surface area contributed by atoms with E-state index in [1.54, 1.807) is 43.8 Å². The first-order valence-electron chi connectivity index (χ1n) is 9.70. The number of halogens is 3. The van der Waals surface area contributed by atoms with Crippen LogP contribution in [0.2, 0.25) is 5.02 Å². The van der Waals surface area contributed by atoms with Crippen LogP contribution in [0.15, 0.2) is 55.1 Å². The molecule has 0 aliphatic heterocycles. The highest BCUT2D eigenvalue weighted by Crippen LogP contribution is 2.35. The van der Waals surface area contributed by atoms with Gasteiger partial charge in [0.05, 0.1) is 42.9 Å². The fraction of sp³-hybridized carbons (Fsp3) is 0.182. The third-order valence-electron chi connectivity index (χ3n) is 4.80. The summed E-state index contributed by atoms with van der Waals surface area (Å²) in [4.78, 5) is 10.6. The molecule has 2 heterocycles. The molecule has 0 aliphatic rings. The Kier molecular flexibility index (Phi) is 8.02. The van der Waals surface area contributed by atoms with Gasteiger partial charge in [0, 0.05) is 23.5 Å². The molecular weight excluding hydrogens is 470 g/mol. The van der Waals surface area contributed by atoms with E-state index in [0.717, 1.165) is 5.69 Å². The smallest absolute Gasteiger partial charge is 0.163 e. The van der Waals surface area contributed by atoms with Crippen LogP contribution in [0.1, 0.15) is 0 Å². The summed E-state index contributed by atoms with van der Waals surface area (Å²) < 4.78 is 25.7. The number of aromatic nitrogens is 4. The molecule has 0 radical (unpaired) electrons. The number of likely N-dealkylation sites (N-methyl/N-ethyl adjacent to an activating group) is 1. The van der Waals surface area contributed by atoms with Crippen LogP contribution in [0, 0.1) is 5.82 Å². The van der Waals surface area contributed by atoms with Gasteiger partial charge in [0.15, 0.2) is 11.5 Å². The van der Waals surface area contributed by atoms with Crippen LogP contribution < -0.4 is 19.7 Å². The van der Waals surface area contributed by atoms with Crippen molar-refractivity contribution in [3.05, 3.63) is 66.0 Å². The average Bonchev–Trinajstić information content (AvgIpc) is 2.81. The van der Waals surface area contributed by atoms with Crippen molar-refractivity contribution < 1.29 is 13.9 Å². The summed E-state index contributed by atoms with van der Waals surface area (Å²) in [6, 6.07) is 9.79. The molecule has 4 rings (SSSR count). The van der Waals surface area contributed by atoms with Crippen LogP contribution in [0.5, 0.6) is 11.5 Å². The van der Waals surface area contributed by atoms with E-state index < -0.39 is 5.82 Å². The van der Waals surface area contributed by atoms with Crippen LogP contribution in [0.4, 0.5) is 21.6 Å². The molecule has 2 aromatic carbocycles. The standard InChI is InChI=1S/C22H20ClFN6O2.ClH/c1-30(15-5-6-27-28-12-15)7-8-32-21-11-19-16(10-20(21)31-2)22(26-13-25-19)29-18-4-3-14(23)9-17(18)24;/h3-6,9-13H,7-8H2,1-2H3,(H,25,26,29);1H. The fourth-order valence-electron chi connectivity index (χ4n) is 3.09. The summed E-state index contributed by atoms with van der Waals surface area (Å²) in [7, 11) is 3.50. The molecule has 0 spiro atoms. The summed E-state index contributed by atoms with van der Waals surface area (Å²) in [6.07, 6.45) is 4.73. The molecule has 0 atom stereocenters. The number of anilines is 3. The van der Waals surface area contributed by atoms with Crippen molar-refractivity contribution >= 4 is 52.1 Å².